The van der Waals surface area contributed by atoms with Crippen LogP contribution in [-0.2, 0) is 31.0 Å². The maximum absolute atomic E-state index is 14.7. The third kappa shape index (κ3) is 12.4. The number of nitrogens with zero attached hydrogens (tertiary/aromatic N) is 4. The fraction of sp³-hybridized carbons (Fsp3) is 0.404. The highest BCUT2D eigenvalue weighted by Crippen LogP contribution is 2.40. The molecule has 0 saturated carbocycles. The number of fused-ring (bicyclic) bond motifs is 5. The zero-order chi connectivity index (χ0) is 48.1. The number of ether oxygens (including phenoxy) is 2. The van der Waals surface area contributed by atoms with Crippen molar-refractivity contribution in [1.82, 2.24) is 41.7 Å². The summed E-state index contributed by atoms with van der Waals surface area (Å²) in [4.78, 5) is 80.6. The summed E-state index contributed by atoms with van der Waals surface area (Å²) in [6.07, 6.45) is 1.40. The third-order valence-electron chi connectivity index (χ3n) is 10.9. The minimum Gasteiger partial charge on any atom is -0.492 e. The summed E-state index contributed by atoms with van der Waals surface area (Å²) >= 11 is 0. The van der Waals surface area contributed by atoms with Crippen LogP contribution in [0, 0.1) is 18.3 Å². The van der Waals surface area contributed by atoms with Gasteiger partial charge in [-0.25, -0.2) is 15.4 Å². The number of nitriles is 1. The summed E-state index contributed by atoms with van der Waals surface area (Å²) in [5.74, 6) is -2.22. The molecule has 19 heteroatoms. The Morgan fingerprint density at radius 2 is 1.58 bits per heavy atom. The first-order valence-electron chi connectivity index (χ1n) is 21.7. The van der Waals surface area contributed by atoms with Crippen molar-refractivity contribution in [2.75, 3.05) is 46.4 Å². The molecule has 0 unspecified atom stereocenters. The molecule has 4 bridgehead atoms. The third-order valence-corrected chi connectivity index (χ3v) is 10.9. The summed E-state index contributed by atoms with van der Waals surface area (Å²) in [6.45, 7) is 9.93. The molecule has 1 aromatic heterocycles. The van der Waals surface area contributed by atoms with Gasteiger partial charge in [0.25, 0.3) is 11.8 Å². The van der Waals surface area contributed by atoms with E-state index < -0.39 is 53.7 Å². The number of aromatic nitrogens is 2. The smallest absolute Gasteiger partial charge is 0.257 e. The largest absolute Gasteiger partial charge is 0.492 e. The Bertz CT molecular complexity index is 2430. The zero-order valence-corrected chi connectivity index (χ0v) is 38.2. The Kier molecular flexibility index (Phi) is 17.3. The fourth-order valence-corrected chi connectivity index (χ4v) is 7.32. The Morgan fingerprint density at radius 1 is 0.924 bits per heavy atom. The molecule has 350 valence electrons. The van der Waals surface area contributed by atoms with Crippen LogP contribution in [0.3, 0.4) is 0 Å². The molecule has 1 aliphatic heterocycles. The van der Waals surface area contributed by atoms with Gasteiger partial charge in [-0.15, -0.1) is 0 Å². The molecule has 4 aromatic rings. The number of hydrogen-bond donors (Lipinski definition) is 8. The van der Waals surface area contributed by atoms with Crippen molar-refractivity contribution < 1.29 is 33.4 Å². The molecule has 11 N–H and O–H groups in total. The number of hydrazine groups is 1. The van der Waals surface area contributed by atoms with E-state index in [0.29, 0.717) is 45.3 Å². The topological polar surface area (TPSA) is 295 Å². The molecule has 66 heavy (non-hydrogen) atoms. The molecule has 5 rings (SSSR count). The first kappa shape index (κ1) is 50.0. The highest BCUT2D eigenvalue weighted by molar-refractivity contribution is 6.00. The molecule has 0 saturated heterocycles. The van der Waals surface area contributed by atoms with E-state index in [1.54, 1.807) is 43.3 Å². The molecule has 0 aliphatic carbocycles. The monoisotopic (exact) mass is 904 g/mol. The highest BCUT2D eigenvalue weighted by atomic mass is 16.5. The second-order valence-electron chi connectivity index (χ2n) is 16.8. The number of aryl methyl sites for hydroxylation is 1. The normalized spacial score (nSPS) is 16.6. The van der Waals surface area contributed by atoms with Crippen molar-refractivity contribution in [3.05, 3.63) is 94.8 Å². The van der Waals surface area contributed by atoms with Gasteiger partial charge < -0.3 is 47.5 Å². The summed E-state index contributed by atoms with van der Waals surface area (Å²) in [5.41, 5.74) is 26.9. The van der Waals surface area contributed by atoms with E-state index in [0.717, 1.165) is 11.1 Å². The standard InChI is InChI=1S/C47H60N12O7/c1-27-35(26-52-41(54-27)30-8-11-32(12-9-30)47(3,4)5)43(61)56-36(15-16-48)46(64)59(6)40-31-10-14-39(66-22-19-51)34(25-31)33-23-29(7-13-38(33)65-21-18-50)24-37(44(62)58-53-20-17-49)57-42(60)28(2)55-45(40)63/h7-14,23,25-26,28,36-37,40,53H,15-16,18-22,24,48,50-51H2,1-6H3,(H,55,63)(H,56,61)(H,57,60)(H,58,62)/t28-,36-,37-,40-/m0/s1. The Labute approximate surface area is 384 Å². The predicted octanol–water partition coefficient (Wildman–Crippen LogP) is 1.43. The van der Waals surface area contributed by atoms with Crippen molar-refractivity contribution in [1.29, 1.82) is 5.26 Å². The average Bonchev–Trinajstić information content (AvgIpc) is 3.29. The molecule has 0 spiro atoms. The molecule has 0 radical (unpaired) electrons. The first-order valence-corrected chi connectivity index (χ1v) is 21.7. The van der Waals surface area contributed by atoms with Crippen LogP contribution < -0.4 is 53.5 Å². The van der Waals surface area contributed by atoms with Crippen LogP contribution in [-0.4, -0.2) is 109 Å². The molecule has 5 amide bonds. The maximum Gasteiger partial charge on any atom is 0.257 e. The van der Waals surface area contributed by atoms with Crippen molar-refractivity contribution in [3.63, 3.8) is 0 Å². The van der Waals surface area contributed by atoms with Gasteiger partial charge in [-0.1, -0.05) is 57.2 Å². The van der Waals surface area contributed by atoms with Crippen molar-refractivity contribution in [3.8, 4) is 40.1 Å². The number of carbonyl (C=O) groups excluding carboxylic acids is 5. The molecule has 3 aromatic carbocycles. The van der Waals surface area contributed by atoms with E-state index in [4.69, 9.17) is 31.9 Å². The SMILES string of the molecule is Cc1nc(-c2ccc(C(C)(C)C)cc2)ncc1C(=O)N[C@@H](CCN)C(=O)N(C)[C@@H]1C(=O)N[C@@H](C)C(=O)N[C@H](C(=O)NNCC#N)Cc2ccc(OCCN)c(c2)-c2cc1ccc2OCCN. The summed E-state index contributed by atoms with van der Waals surface area (Å²) < 4.78 is 12.2. The fourth-order valence-electron chi connectivity index (χ4n) is 7.32. The molecule has 2 heterocycles. The van der Waals surface area contributed by atoms with Gasteiger partial charge in [0.15, 0.2) is 5.82 Å². The minimum atomic E-state index is -1.41. The second kappa shape index (κ2) is 22.8. The van der Waals surface area contributed by atoms with Crippen LogP contribution in [0.15, 0.2) is 66.9 Å². The highest BCUT2D eigenvalue weighted by Gasteiger charge is 2.36. The first-order chi connectivity index (χ1) is 31.5. The number of benzene rings is 3. The number of nitrogens with one attached hydrogen (secondary N) is 5. The number of hydrogen-bond acceptors (Lipinski definition) is 14. The van der Waals surface area contributed by atoms with E-state index >= 15 is 0 Å². The van der Waals surface area contributed by atoms with Crippen LogP contribution >= 0.6 is 0 Å². The van der Waals surface area contributed by atoms with Gasteiger partial charge in [-0.05, 0) is 73.2 Å². The van der Waals surface area contributed by atoms with Crippen molar-refractivity contribution in [2.45, 2.75) is 77.0 Å². The molecular formula is C47H60N12O7. The lowest BCUT2D eigenvalue weighted by Crippen LogP contribution is -2.57. The van der Waals surface area contributed by atoms with Crippen molar-refractivity contribution in [2.24, 2.45) is 17.2 Å². The van der Waals surface area contributed by atoms with Gasteiger partial charge in [-0.2, -0.15) is 5.26 Å². The lowest BCUT2D eigenvalue weighted by Gasteiger charge is -2.32. The lowest BCUT2D eigenvalue weighted by molar-refractivity contribution is -0.141. The maximum atomic E-state index is 14.7. The van der Waals surface area contributed by atoms with Crippen LogP contribution in [0.2, 0.25) is 0 Å². The van der Waals surface area contributed by atoms with E-state index in [9.17, 15) is 24.0 Å². The van der Waals surface area contributed by atoms with Crippen LogP contribution in [0.25, 0.3) is 22.5 Å². The molecule has 1 aliphatic rings. The van der Waals surface area contributed by atoms with Gasteiger partial charge in [0, 0.05) is 49.4 Å². The second-order valence-corrected chi connectivity index (χ2v) is 16.8. The summed E-state index contributed by atoms with van der Waals surface area (Å²) in [5, 5.41) is 17.2. The van der Waals surface area contributed by atoms with Crippen molar-refractivity contribution >= 4 is 29.5 Å². The number of nitrogens with two attached hydrogens (primary N) is 3. The van der Waals surface area contributed by atoms with Gasteiger partial charge in [-0.3, -0.25) is 29.4 Å². The Morgan fingerprint density at radius 3 is 2.18 bits per heavy atom. The average molecular weight is 905 g/mol. The molecule has 0 fully saturated rings. The zero-order valence-electron chi connectivity index (χ0n) is 38.2. The number of rotatable bonds is 16. The van der Waals surface area contributed by atoms with E-state index in [2.05, 4.69) is 57.5 Å². The number of carbonyl (C=O) groups is 5. The number of likely N-dealkylation sites (N-methyl/N-ethyl adjacent to an activating group) is 1. The minimum absolute atomic E-state index is 0.00139. The molecule has 4 atom stereocenters. The summed E-state index contributed by atoms with van der Waals surface area (Å²) in [7, 11) is 1.41. The van der Waals surface area contributed by atoms with Crippen LogP contribution in [0.1, 0.15) is 72.9 Å². The molecular weight excluding hydrogens is 845 g/mol. The Balaban J connectivity index is 1.55. The van der Waals surface area contributed by atoms with E-state index in [-0.39, 0.29) is 63.2 Å². The van der Waals surface area contributed by atoms with Crippen LogP contribution in [0.4, 0.5) is 0 Å². The predicted molar refractivity (Wildman–Crippen MR) is 247 cm³/mol. The lowest BCUT2D eigenvalue weighted by atomic mass is 9.87. The van der Waals surface area contributed by atoms with Gasteiger partial charge >= 0.3 is 0 Å². The van der Waals surface area contributed by atoms with Gasteiger partial charge in [0.05, 0.1) is 17.3 Å². The van der Waals surface area contributed by atoms with Gasteiger partial charge in [0.1, 0.15) is 55.4 Å². The summed E-state index contributed by atoms with van der Waals surface area (Å²) in [6, 6.07) is 14.9. The van der Waals surface area contributed by atoms with E-state index in [1.807, 2.05) is 30.3 Å². The Hall–Kier alpha value is -6.98. The number of amides is 5. The molecule has 19 nitrogen and oxygen atoms in total. The quantitative estimate of drug-likeness (QED) is 0.0449. The van der Waals surface area contributed by atoms with E-state index in [1.165, 1.54) is 25.1 Å². The van der Waals surface area contributed by atoms with Crippen LogP contribution in [0.5, 0.6) is 11.5 Å². The van der Waals surface area contributed by atoms with Gasteiger partial charge in [0.2, 0.25) is 17.7 Å².